The average Bonchev–Trinajstić information content (AvgIpc) is 2.55. The number of rotatable bonds is 5. The maximum Gasteiger partial charge on any atom is 0.311 e. The first kappa shape index (κ1) is 16.0. The van der Waals surface area contributed by atoms with E-state index in [-0.39, 0.29) is 11.4 Å². The molecule has 118 valence electrons. The normalized spacial score (nSPS) is 10.5. The van der Waals surface area contributed by atoms with Crippen molar-refractivity contribution in [3.63, 3.8) is 0 Å². The standard InChI is InChI=1S/C15H14N4O4/c1-23-14-7-2-10(8-13(14)19(21)22)9-17-18-15(20)11-3-5-12(16)6-4-11/h2-9H,16H2,1H3,(H,18,20)/b17-9-. The molecule has 0 fully saturated rings. The largest absolute Gasteiger partial charge is 0.490 e. The summed E-state index contributed by atoms with van der Waals surface area (Å²) in [6.45, 7) is 0. The molecule has 0 atom stereocenters. The maximum atomic E-state index is 11.8. The molecule has 2 rings (SSSR count). The van der Waals surface area contributed by atoms with Crippen LogP contribution in [0.25, 0.3) is 0 Å². The second kappa shape index (κ2) is 7.03. The van der Waals surface area contributed by atoms with Gasteiger partial charge in [0, 0.05) is 22.9 Å². The van der Waals surface area contributed by atoms with Crippen LogP contribution in [0.15, 0.2) is 47.6 Å². The fourth-order valence-corrected chi connectivity index (χ4v) is 1.79. The molecule has 0 aliphatic rings. The highest BCUT2D eigenvalue weighted by atomic mass is 16.6. The van der Waals surface area contributed by atoms with Crippen molar-refractivity contribution < 1.29 is 14.5 Å². The van der Waals surface area contributed by atoms with Gasteiger partial charge in [-0.25, -0.2) is 5.43 Å². The number of ether oxygens (including phenoxy) is 1. The predicted molar refractivity (Wildman–Crippen MR) is 85.6 cm³/mol. The van der Waals surface area contributed by atoms with Crippen LogP contribution in [-0.2, 0) is 0 Å². The Morgan fingerprint density at radius 1 is 1.30 bits per heavy atom. The van der Waals surface area contributed by atoms with Crippen molar-refractivity contribution in [3.05, 3.63) is 63.7 Å². The monoisotopic (exact) mass is 314 g/mol. The second-order valence-electron chi connectivity index (χ2n) is 4.51. The highest BCUT2D eigenvalue weighted by Gasteiger charge is 2.14. The minimum absolute atomic E-state index is 0.151. The van der Waals surface area contributed by atoms with Crippen LogP contribution in [0, 0.1) is 10.1 Å². The van der Waals surface area contributed by atoms with E-state index >= 15 is 0 Å². The van der Waals surface area contributed by atoms with Crippen molar-refractivity contribution in [1.29, 1.82) is 0 Å². The molecule has 0 unspecified atom stereocenters. The molecule has 1 amide bonds. The smallest absolute Gasteiger partial charge is 0.311 e. The zero-order chi connectivity index (χ0) is 16.8. The highest BCUT2D eigenvalue weighted by molar-refractivity contribution is 5.95. The van der Waals surface area contributed by atoms with Crippen LogP contribution in [0.1, 0.15) is 15.9 Å². The van der Waals surface area contributed by atoms with E-state index in [1.54, 1.807) is 30.3 Å². The summed E-state index contributed by atoms with van der Waals surface area (Å²) in [7, 11) is 1.35. The van der Waals surface area contributed by atoms with E-state index < -0.39 is 10.8 Å². The number of hydrogen-bond donors (Lipinski definition) is 2. The van der Waals surface area contributed by atoms with Gasteiger partial charge in [0.1, 0.15) is 0 Å². The fourth-order valence-electron chi connectivity index (χ4n) is 1.79. The number of nitrogen functional groups attached to an aromatic ring is 1. The molecule has 0 bridgehead atoms. The SMILES string of the molecule is COc1ccc(/C=N\NC(=O)c2ccc(N)cc2)cc1[N+](=O)[O-]. The summed E-state index contributed by atoms with van der Waals surface area (Å²) >= 11 is 0. The Labute approximate surface area is 131 Å². The van der Waals surface area contributed by atoms with Gasteiger partial charge >= 0.3 is 5.69 Å². The molecular weight excluding hydrogens is 300 g/mol. The third kappa shape index (κ3) is 4.03. The van der Waals surface area contributed by atoms with Gasteiger partial charge in [0.2, 0.25) is 0 Å². The van der Waals surface area contributed by atoms with Gasteiger partial charge < -0.3 is 10.5 Å². The molecule has 0 aromatic heterocycles. The van der Waals surface area contributed by atoms with Crippen molar-refractivity contribution in [1.82, 2.24) is 5.43 Å². The van der Waals surface area contributed by atoms with Gasteiger partial charge in [-0.15, -0.1) is 0 Å². The van der Waals surface area contributed by atoms with Crippen molar-refractivity contribution >= 4 is 23.5 Å². The Morgan fingerprint density at radius 2 is 2.00 bits per heavy atom. The number of nitro groups is 1. The van der Waals surface area contributed by atoms with Crippen molar-refractivity contribution in [2.45, 2.75) is 0 Å². The molecule has 8 heteroatoms. The van der Waals surface area contributed by atoms with E-state index in [1.165, 1.54) is 25.5 Å². The highest BCUT2D eigenvalue weighted by Crippen LogP contribution is 2.26. The molecule has 3 N–H and O–H groups in total. The molecule has 0 spiro atoms. The number of methoxy groups -OCH3 is 1. The van der Waals surface area contributed by atoms with Crippen molar-refractivity contribution in [2.75, 3.05) is 12.8 Å². The Morgan fingerprint density at radius 3 is 2.61 bits per heavy atom. The van der Waals surface area contributed by atoms with Gasteiger partial charge in [-0.3, -0.25) is 14.9 Å². The summed E-state index contributed by atoms with van der Waals surface area (Å²) in [5, 5.41) is 14.7. The quantitative estimate of drug-likeness (QED) is 0.378. The lowest BCUT2D eigenvalue weighted by molar-refractivity contribution is -0.385. The number of nitro benzene ring substituents is 1. The number of nitrogens with zero attached hydrogens (tertiary/aromatic N) is 2. The number of carbonyl (C=O) groups is 1. The molecule has 2 aromatic rings. The first-order valence-electron chi connectivity index (χ1n) is 6.52. The predicted octanol–water partition coefficient (Wildman–Crippen LogP) is 1.95. The topological polar surface area (TPSA) is 120 Å². The van der Waals surface area contributed by atoms with Crippen LogP contribution in [0.2, 0.25) is 0 Å². The molecule has 0 saturated heterocycles. The van der Waals surface area contributed by atoms with Gasteiger partial charge in [-0.1, -0.05) is 0 Å². The average molecular weight is 314 g/mol. The minimum Gasteiger partial charge on any atom is -0.490 e. The van der Waals surface area contributed by atoms with Crippen LogP contribution in [0.3, 0.4) is 0 Å². The first-order chi connectivity index (χ1) is 11.0. The van der Waals surface area contributed by atoms with Crippen molar-refractivity contribution in [2.24, 2.45) is 5.10 Å². The van der Waals surface area contributed by atoms with Gasteiger partial charge in [0.15, 0.2) is 5.75 Å². The Hall–Kier alpha value is -3.42. The molecule has 23 heavy (non-hydrogen) atoms. The van der Waals surface area contributed by atoms with E-state index in [0.29, 0.717) is 16.8 Å². The van der Waals surface area contributed by atoms with E-state index in [9.17, 15) is 14.9 Å². The number of carbonyl (C=O) groups excluding carboxylic acids is 1. The van der Waals surface area contributed by atoms with E-state index in [2.05, 4.69) is 10.5 Å². The zero-order valence-corrected chi connectivity index (χ0v) is 12.2. The van der Waals surface area contributed by atoms with Gasteiger partial charge in [0.05, 0.1) is 18.2 Å². The zero-order valence-electron chi connectivity index (χ0n) is 12.2. The van der Waals surface area contributed by atoms with Crippen LogP contribution in [0.5, 0.6) is 5.75 Å². The van der Waals surface area contributed by atoms with E-state index in [4.69, 9.17) is 10.5 Å². The molecule has 8 nitrogen and oxygen atoms in total. The first-order valence-corrected chi connectivity index (χ1v) is 6.52. The summed E-state index contributed by atoms with van der Waals surface area (Å²) in [6.07, 6.45) is 1.31. The third-order valence-electron chi connectivity index (χ3n) is 2.95. The van der Waals surface area contributed by atoms with Gasteiger partial charge in [0.25, 0.3) is 5.91 Å². The maximum absolute atomic E-state index is 11.8. The Kier molecular flexibility index (Phi) is 4.88. The Bertz CT molecular complexity index is 757. The Balaban J connectivity index is 2.08. The number of nitrogens with two attached hydrogens (primary N) is 1. The molecule has 0 heterocycles. The number of benzene rings is 2. The lowest BCUT2D eigenvalue weighted by Gasteiger charge is -2.02. The third-order valence-corrected chi connectivity index (χ3v) is 2.95. The summed E-state index contributed by atoms with van der Waals surface area (Å²) in [4.78, 5) is 22.2. The molecule has 2 aromatic carbocycles. The lowest BCUT2D eigenvalue weighted by Crippen LogP contribution is -2.17. The van der Waals surface area contributed by atoms with Crippen LogP contribution < -0.4 is 15.9 Å². The molecule has 0 radical (unpaired) electrons. The number of amides is 1. The van der Waals surface area contributed by atoms with Crippen LogP contribution in [-0.4, -0.2) is 24.2 Å². The number of hydrogen-bond acceptors (Lipinski definition) is 6. The van der Waals surface area contributed by atoms with Gasteiger partial charge in [-0.05, 0) is 36.4 Å². The van der Waals surface area contributed by atoms with Gasteiger partial charge in [-0.2, -0.15) is 5.10 Å². The van der Waals surface area contributed by atoms with Crippen LogP contribution >= 0.6 is 0 Å². The number of hydrazone groups is 1. The van der Waals surface area contributed by atoms with E-state index in [0.717, 1.165) is 0 Å². The lowest BCUT2D eigenvalue weighted by atomic mass is 10.2. The molecule has 0 aliphatic heterocycles. The number of anilines is 1. The second-order valence-corrected chi connectivity index (χ2v) is 4.51. The van der Waals surface area contributed by atoms with E-state index in [1.807, 2.05) is 0 Å². The summed E-state index contributed by atoms with van der Waals surface area (Å²) in [5.74, 6) is -0.262. The summed E-state index contributed by atoms with van der Waals surface area (Å²) in [6, 6.07) is 10.7. The van der Waals surface area contributed by atoms with Crippen molar-refractivity contribution in [3.8, 4) is 5.75 Å². The fraction of sp³-hybridized carbons (Fsp3) is 0.0667. The summed E-state index contributed by atoms with van der Waals surface area (Å²) < 4.78 is 4.91. The molecular formula is C15H14N4O4. The van der Waals surface area contributed by atoms with Crippen LogP contribution in [0.4, 0.5) is 11.4 Å². The minimum atomic E-state index is -0.552. The molecule has 0 saturated carbocycles. The number of nitrogens with one attached hydrogen (secondary N) is 1. The molecule has 0 aliphatic carbocycles. The summed E-state index contributed by atoms with van der Waals surface area (Å²) in [5.41, 5.74) is 9.10.